The van der Waals surface area contributed by atoms with Crippen molar-refractivity contribution in [1.29, 1.82) is 0 Å². The van der Waals surface area contributed by atoms with E-state index in [4.69, 9.17) is 52.6 Å². The Morgan fingerprint density at radius 2 is 0.458 bits per heavy atom. The van der Waals surface area contributed by atoms with Gasteiger partial charge in [-0.3, -0.25) is 25.3 Å². The van der Waals surface area contributed by atoms with Crippen LogP contribution in [-0.4, -0.2) is 52.6 Å². The quantitative estimate of drug-likeness (QED) is 0.166. The number of hydrogen-bond acceptors (Lipinski definition) is 14. The standard InChI is InChI=1S/2Cl2O.3Cu.3H2O4S/c2*1-3-2;;;;3*1-5(2,3)4/h;;;;;3*(H2,1,2,3,4)/q;;3*+2;;;/p-6. The van der Waals surface area contributed by atoms with Crippen LogP contribution in [0.25, 0.3) is 0 Å². The Morgan fingerprint density at radius 3 is 0.458 bits per heavy atom. The van der Waals surface area contributed by atoms with Crippen LogP contribution < -0.4 is 0 Å². The first-order valence-corrected chi connectivity index (χ1v) is 7.85. The number of rotatable bonds is 0. The molecule has 0 aromatic rings. The second kappa shape index (κ2) is 30.0. The Hall–Kier alpha value is 2.25. The third-order valence-electron chi connectivity index (χ3n) is 0. The van der Waals surface area contributed by atoms with E-state index < -0.39 is 31.2 Å². The SMILES string of the molecule is ClOCl.ClOCl.O=S(=O)([O-])[O-].O=S(=O)([O-])[O-].O=S(=O)([O-])[O-].[Cu+2].[Cu+2].[Cu+2]. The van der Waals surface area contributed by atoms with Crippen LogP contribution in [0.1, 0.15) is 0 Å². The van der Waals surface area contributed by atoms with Crippen molar-refractivity contribution in [3.63, 3.8) is 0 Å². The first-order chi connectivity index (χ1) is 8.83. The van der Waals surface area contributed by atoms with Gasteiger partial charge in [0.1, 0.15) is 0 Å². The second-order valence-electron chi connectivity index (χ2n) is 1.34. The summed E-state index contributed by atoms with van der Waals surface area (Å²) >= 11 is 17.1. The maximum atomic E-state index is 8.52. The summed E-state index contributed by atoms with van der Waals surface area (Å²) in [5.41, 5.74) is 0. The van der Waals surface area contributed by atoms with Gasteiger partial charge in [-0.1, -0.05) is 0 Å². The minimum Gasteiger partial charge on any atom is -0.759 e. The van der Waals surface area contributed by atoms with E-state index in [1.54, 1.807) is 0 Å². The van der Waals surface area contributed by atoms with Crippen molar-refractivity contribution in [3.8, 4) is 0 Å². The van der Waals surface area contributed by atoms with Gasteiger partial charge in [-0.25, -0.2) is 0 Å². The zero-order valence-electron chi connectivity index (χ0n) is 9.36. The van der Waals surface area contributed by atoms with Gasteiger partial charge in [0.15, 0.2) is 0 Å². The average molecular weight is 653 g/mol. The van der Waals surface area contributed by atoms with E-state index >= 15 is 0 Å². The van der Waals surface area contributed by atoms with Crippen LogP contribution in [0.2, 0.25) is 0 Å². The van der Waals surface area contributed by atoms with E-state index in [0.29, 0.717) is 0 Å². The van der Waals surface area contributed by atoms with Crippen molar-refractivity contribution in [3.05, 3.63) is 0 Å². The van der Waals surface area contributed by atoms with Crippen molar-refractivity contribution in [2.24, 2.45) is 0 Å². The summed E-state index contributed by atoms with van der Waals surface area (Å²) in [5.74, 6) is 0. The number of hydrogen-bond donors (Lipinski definition) is 0. The number of halogens is 4. The van der Waals surface area contributed by atoms with Gasteiger partial charge in [0.25, 0.3) is 0 Å². The molecule has 0 aliphatic rings. The zero-order valence-corrected chi connectivity index (χ0v) is 17.7. The summed E-state index contributed by atoms with van der Waals surface area (Å²) < 4.78 is 109. The maximum Gasteiger partial charge on any atom is 2.00 e. The molecule has 14 nitrogen and oxygen atoms in total. The summed E-state index contributed by atoms with van der Waals surface area (Å²) in [6.07, 6.45) is 0. The summed E-state index contributed by atoms with van der Waals surface area (Å²) in [5, 5.41) is 0. The molecule has 0 amide bonds. The third-order valence-corrected chi connectivity index (χ3v) is 0. The van der Waals surface area contributed by atoms with E-state index in [1.807, 2.05) is 0 Å². The van der Waals surface area contributed by atoms with Crippen molar-refractivity contribution in [2.75, 3.05) is 0 Å². The topological polar surface area (TPSA) is 259 Å². The molecule has 0 bridgehead atoms. The van der Waals surface area contributed by atoms with Crippen molar-refractivity contribution < 1.29 is 111 Å². The summed E-state index contributed by atoms with van der Waals surface area (Å²) in [6, 6.07) is 0. The van der Waals surface area contributed by atoms with Gasteiger partial charge >= 0.3 is 51.2 Å². The summed E-state index contributed by atoms with van der Waals surface area (Å²) in [4.78, 5) is 0. The smallest absolute Gasteiger partial charge is 0.759 e. The van der Waals surface area contributed by atoms with E-state index in [0.717, 1.165) is 0 Å². The Labute approximate surface area is 188 Å². The van der Waals surface area contributed by atoms with Gasteiger partial charge in [-0.2, -0.15) is 7.68 Å². The van der Waals surface area contributed by atoms with Crippen LogP contribution in [0.5, 0.6) is 0 Å². The van der Waals surface area contributed by atoms with Gasteiger partial charge in [-0.15, -0.1) is 0 Å². The monoisotopic (exact) mass is 649 g/mol. The molecule has 0 aromatic carbocycles. The minimum absolute atomic E-state index is 0. The fraction of sp³-hybridized carbons (Fsp3) is 0. The van der Waals surface area contributed by atoms with Crippen LogP contribution >= 0.6 is 47.5 Å². The van der Waals surface area contributed by atoms with Crippen LogP contribution in [0.3, 0.4) is 0 Å². The first kappa shape index (κ1) is 50.2. The predicted molar refractivity (Wildman–Crippen MR) is 57.0 cm³/mol. The van der Waals surface area contributed by atoms with E-state index in [2.05, 4.69) is 55.1 Å². The largest absolute Gasteiger partial charge is 2.00 e. The molecule has 0 heterocycles. The second-order valence-corrected chi connectivity index (χ2v) is 4.72. The van der Waals surface area contributed by atoms with Crippen LogP contribution in [0.4, 0.5) is 0 Å². The maximum absolute atomic E-state index is 8.52. The molecular formula is Cl4Cu3O14S3. The van der Waals surface area contributed by atoms with Gasteiger partial charge in [0.2, 0.25) is 0 Å². The van der Waals surface area contributed by atoms with E-state index in [-0.39, 0.29) is 51.2 Å². The van der Waals surface area contributed by atoms with Gasteiger partial charge in [0, 0.05) is 31.2 Å². The molecule has 0 atom stereocenters. The summed E-state index contributed by atoms with van der Waals surface area (Å²) in [7, 11) is -15.5. The molecule has 0 fully saturated rings. The first-order valence-electron chi connectivity index (χ1n) is 2.62. The Bertz CT molecular complexity index is 386. The molecule has 0 unspecified atom stereocenters. The van der Waals surface area contributed by atoms with Gasteiger partial charge in [0.05, 0.1) is 47.5 Å². The third kappa shape index (κ3) is 2590. The Kier molecular flexibility index (Phi) is 62.8. The molecule has 0 aliphatic heterocycles. The molecule has 3 radical (unpaired) electrons. The van der Waals surface area contributed by atoms with Crippen LogP contribution in [0.15, 0.2) is 0 Å². The molecule has 0 rings (SSSR count). The van der Waals surface area contributed by atoms with Crippen LogP contribution in [0, 0.1) is 0 Å². The molecule has 0 spiro atoms. The van der Waals surface area contributed by atoms with Crippen LogP contribution in [-0.2, 0) is 90.1 Å². The Balaban J connectivity index is -0.0000000219. The van der Waals surface area contributed by atoms with E-state index in [1.165, 1.54) is 0 Å². The molecule has 0 N–H and O–H groups in total. The van der Waals surface area contributed by atoms with E-state index in [9.17, 15) is 0 Å². The fourth-order valence-corrected chi connectivity index (χ4v) is 0. The van der Waals surface area contributed by atoms with Gasteiger partial charge in [-0.05, 0) is 0 Å². The molecule has 24 heteroatoms. The Morgan fingerprint density at radius 1 is 0.458 bits per heavy atom. The molecule has 0 aliphatic carbocycles. The van der Waals surface area contributed by atoms with Crippen molar-refractivity contribution >= 4 is 78.7 Å². The van der Waals surface area contributed by atoms with Gasteiger partial charge < -0.3 is 27.3 Å². The summed E-state index contributed by atoms with van der Waals surface area (Å²) in [6.45, 7) is 0. The van der Waals surface area contributed by atoms with Crippen molar-refractivity contribution in [1.82, 2.24) is 0 Å². The molecule has 0 aromatic heterocycles. The molecule has 0 saturated heterocycles. The predicted octanol–water partition coefficient (Wildman–Crippen LogP) is -1.40. The molecule has 24 heavy (non-hydrogen) atoms. The van der Waals surface area contributed by atoms with Crippen molar-refractivity contribution in [2.45, 2.75) is 0 Å². The molecule has 0 saturated carbocycles. The zero-order chi connectivity index (χ0) is 18.9. The molecular weight excluding hydrogens is 653 g/mol. The minimum atomic E-state index is -5.17. The normalized spacial score (nSPS) is 8.75. The fourth-order valence-electron chi connectivity index (χ4n) is 0. The molecule has 163 valence electrons. The average Bonchev–Trinajstić information content (AvgIpc) is 1.93.